The van der Waals surface area contributed by atoms with E-state index in [1.54, 1.807) is 6.07 Å². The van der Waals surface area contributed by atoms with Crippen molar-refractivity contribution in [1.29, 1.82) is 0 Å². The molecule has 1 saturated heterocycles. The number of nitrogens with one attached hydrogen (secondary N) is 2. The van der Waals surface area contributed by atoms with Gasteiger partial charge in [-0.3, -0.25) is 4.79 Å². The fourth-order valence-electron chi connectivity index (χ4n) is 2.27. The molecule has 1 unspecified atom stereocenters. The quantitative estimate of drug-likeness (QED) is 0.843. The molecule has 1 aromatic rings. The Morgan fingerprint density at radius 3 is 3.06 bits per heavy atom. The van der Waals surface area contributed by atoms with Crippen LogP contribution in [0.5, 0.6) is 0 Å². The summed E-state index contributed by atoms with van der Waals surface area (Å²) >= 11 is 0. The highest BCUT2D eigenvalue weighted by Crippen LogP contribution is 2.12. The number of hydrogen-bond acceptors (Lipinski definition) is 2. The SMILES string of the molecule is Cc1ccc(F)cc1C(=O)NC1CCCNCC1. The fourth-order valence-corrected chi connectivity index (χ4v) is 2.27. The lowest BCUT2D eigenvalue weighted by Gasteiger charge is -2.16. The Morgan fingerprint density at radius 1 is 1.39 bits per heavy atom. The maximum absolute atomic E-state index is 13.2. The molecule has 0 radical (unpaired) electrons. The summed E-state index contributed by atoms with van der Waals surface area (Å²) in [6.45, 7) is 3.75. The van der Waals surface area contributed by atoms with Gasteiger partial charge in [0.2, 0.25) is 0 Å². The average Bonchev–Trinajstić information content (AvgIpc) is 2.61. The molecule has 1 fully saturated rings. The van der Waals surface area contributed by atoms with Crippen LogP contribution in [0.2, 0.25) is 0 Å². The van der Waals surface area contributed by atoms with Crippen molar-refractivity contribution in [3.05, 3.63) is 35.1 Å². The number of carbonyl (C=O) groups excluding carboxylic acids is 1. The molecule has 2 rings (SSSR count). The second kappa shape index (κ2) is 5.96. The number of carbonyl (C=O) groups is 1. The molecule has 1 aliphatic rings. The van der Waals surface area contributed by atoms with Crippen LogP contribution >= 0.6 is 0 Å². The number of hydrogen-bond donors (Lipinski definition) is 2. The van der Waals surface area contributed by atoms with Gasteiger partial charge in [-0.15, -0.1) is 0 Å². The maximum atomic E-state index is 13.2. The zero-order chi connectivity index (χ0) is 13.0. The van der Waals surface area contributed by atoms with E-state index in [9.17, 15) is 9.18 Å². The Hall–Kier alpha value is -1.42. The van der Waals surface area contributed by atoms with Crippen LogP contribution in [0.1, 0.15) is 35.2 Å². The van der Waals surface area contributed by atoms with Crippen LogP contribution in [-0.4, -0.2) is 25.0 Å². The van der Waals surface area contributed by atoms with Crippen molar-refractivity contribution in [2.75, 3.05) is 13.1 Å². The number of halogens is 1. The topological polar surface area (TPSA) is 41.1 Å². The van der Waals surface area contributed by atoms with Crippen LogP contribution in [0.4, 0.5) is 4.39 Å². The monoisotopic (exact) mass is 250 g/mol. The molecule has 0 aliphatic carbocycles. The van der Waals surface area contributed by atoms with E-state index in [0.29, 0.717) is 5.56 Å². The van der Waals surface area contributed by atoms with Gasteiger partial charge in [-0.1, -0.05) is 6.07 Å². The predicted molar refractivity (Wildman–Crippen MR) is 69.1 cm³/mol. The maximum Gasteiger partial charge on any atom is 0.251 e. The van der Waals surface area contributed by atoms with Crippen LogP contribution in [0.15, 0.2) is 18.2 Å². The van der Waals surface area contributed by atoms with E-state index in [4.69, 9.17) is 0 Å². The third-order valence-electron chi connectivity index (χ3n) is 3.36. The van der Waals surface area contributed by atoms with E-state index in [-0.39, 0.29) is 17.8 Å². The minimum absolute atomic E-state index is 0.168. The number of amides is 1. The lowest BCUT2D eigenvalue weighted by atomic mass is 10.1. The molecule has 4 heteroatoms. The lowest BCUT2D eigenvalue weighted by Crippen LogP contribution is -2.35. The molecule has 0 bridgehead atoms. The molecule has 3 nitrogen and oxygen atoms in total. The minimum atomic E-state index is -0.367. The molecular weight excluding hydrogens is 231 g/mol. The number of aryl methyl sites for hydroxylation is 1. The summed E-state index contributed by atoms with van der Waals surface area (Å²) in [5.41, 5.74) is 1.24. The third kappa shape index (κ3) is 3.29. The molecule has 1 atom stereocenters. The summed E-state index contributed by atoms with van der Waals surface area (Å²) in [6, 6.07) is 4.51. The van der Waals surface area contributed by atoms with Crippen molar-refractivity contribution in [3.8, 4) is 0 Å². The number of rotatable bonds is 2. The second-order valence-corrected chi connectivity index (χ2v) is 4.81. The summed E-state index contributed by atoms with van der Waals surface area (Å²) < 4.78 is 13.2. The molecule has 0 aromatic heterocycles. The first kappa shape index (κ1) is 13.0. The van der Waals surface area contributed by atoms with E-state index in [1.165, 1.54) is 12.1 Å². The molecule has 1 aliphatic heterocycles. The number of benzene rings is 1. The highest BCUT2D eigenvalue weighted by molar-refractivity contribution is 5.95. The van der Waals surface area contributed by atoms with Crippen molar-refractivity contribution in [2.24, 2.45) is 0 Å². The molecule has 1 aromatic carbocycles. The first-order chi connectivity index (χ1) is 8.66. The average molecular weight is 250 g/mol. The molecule has 0 spiro atoms. The third-order valence-corrected chi connectivity index (χ3v) is 3.36. The Bertz CT molecular complexity index is 426. The molecule has 1 heterocycles. The Labute approximate surface area is 107 Å². The minimum Gasteiger partial charge on any atom is -0.349 e. The first-order valence-corrected chi connectivity index (χ1v) is 6.44. The fraction of sp³-hybridized carbons (Fsp3) is 0.500. The van der Waals surface area contributed by atoms with Gasteiger partial charge in [0.1, 0.15) is 5.82 Å². The van der Waals surface area contributed by atoms with Gasteiger partial charge in [-0.05, 0) is 57.0 Å². The van der Waals surface area contributed by atoms with Crippen molar-refractivity contribution in [3.63, 3.8) is 0 Å². The highest BCUT2D eigenvalue weighted by atomic mass is 19.1. The van der Waals surface area contributed by atoms with Gasteiger partial charge in [0.05, 0.1) is 0 Å². The molecular formula is C14H19FN2O. The molecule has 0 saturated carbocycles. The smallest absolute Gasteiger partial charge is 0.251 e. The molecule has 98 valence electrons. The second-order valence-electron chi connectivity index (χ2n) is 4.81. The largest absolute Gasteiger partial charge is 0.349 e. The highest BCUT2D eigenvalue weighted by Gasteiger charge is 2.17. The van der Waals surface area contributed by atoms with Crippen LogP contribution in [0.25, 0.3) is 0 Å². The molecule has 18 heavy (non-hydrogen) atoms. The van der Waals surface area contributed by atoms with E-state index in [2.05, 4.69) is 10.6 Å². The Kier molecular flexibility index (Phi) is 4.31. The van der Waals surface area contributed by atoms with Gasteiger partial charge < -0.3 is 10.6 Å². The lowest BCUT2D eigenvalue weighted by molar-refractivity contribution is 0.0933. The summed E-state index contributed by atoms with van der Waals surface area (Å²) in [6.07, 6.45) is 2.97. The normalized spacial score (nSPS) is 20.2. The molecule has 1 amide bonds. The van der Waals surface area contributed by atoms with Crippen molar-refractivity contribution < 1.29 is 9.18 Å². The van der Waals surface area contributed by atoms with E-state index in [1.807, 2.05) is 6.92 Å². The first-order valence-electron chi connectivity index (χ1n) is 6.44. The summed E-state index contributed by atoms with van der Waals surface area (Å²) in [4.78, 5) is 12.1. The van der Waals surface area contributed by atoms with Crippen LogP contribution in [-0.2, 0) is 0 Å². The summed E-state index contributed by atoms with van der Waals surface area (Å²) in [5.74, 6) is -0.535. The van der Waals surface area contributed by atoms with E-state index >= 15 is 0 Å². The zero-order valence-corrected chi connectivity index (χ0v) is 10.6. The van der Waals surface area contributed by atoms with Crippen LogP contribution < -0.4 is 10.6 Å². The predicted octanol–water partition coefficient (Wildman–Crippen LogP) is 2.01. The van der Waals surface area contributed by atoms with Gasteiger partial charge in [0.15, 0.2) is 0 Å². The van der Waals surface area contributed by atoms with Crippen molar-refractivity contribution in [2.45, 2.75) is 32.2 Å². The van der Waals surface area contributed by atoms with Crippen molar-refractivity contribution in [1.82, 2.24) is 10.6 Å². The van der Waals surface area contributed by atoms with Gasteiger partial charge in [0.25, 0.3) is 5.91 Å². The van der Waals surface area contributed by atoms with Crippen LogP contribution in [0, 0.1) is 12.7 Å². The van der Waals surface area contributed by atoms with Gasteiger partial charge in [-0.2, -0.15) is 0 Å². The zero-order valence-electron chi connectivity index (χ0n) is 10.6. The van der Waals surface area contributed by atoms with Crippen molar-refractivity contribution >= 4 is 5.91 Å². The molecule has 2 N–H and O–H groups in total. The van der Waals surface area contributed by atoms with Crippen LogP contribution in [0.3, 0.4) is 0 Å². The van der Waals surface area contributed by atoms with Gasteiger partial charge >= 0.3 is 0 Å². The van der Waals surface area contributed by atoms with Gasteiger partial charge in [0, 0.05) is 11.6 Å². The van der Waals surface area contributed by atoms with E-state index < -0.39 is 0 Å². The summed E-state index contributed by atoms with van der Waals surface area (Å²) in [5, 5.41) is 6.30. The Balaban J connectivity index is 2.04. The Morgan fingerprint density at radius 2 is 2.22 bits per heavy atom. The standard InChI is InChI=1S/C14H19FN2O/c1-10-4-5-11(15)9-13(10)14(18)17-12-3-2-7-16-8-6-12/h4-5,9,12,16H,2-3,6-8H2,1H3,(H,17,18). The van der Waals surface area contributed by atoms with E-state index in [0.717, 1.165) is 37.9 Å². The summed E-state index contributed by atoms with van der Waals surface area (Å²) in [7, 11) is 0. The van der Waals surface area contributed by atoms with Gasteiger partial charge in [-0.25, -0.2) is 4.39 Å².